The standard InChI is InChI=1S/C14H21NO3S/c1-2-7-15-8-3-5-14(18,6-9-15)12-11(13(16)17)4-10-19-12/h4,10,18H,2-3,5-9H2,1H3,(H,16,17). The molecule has 2 heterocycles. The number of aromatic carboxylic acids is 1. The highest BCUT2D eigenvalue weighted by Crippen LogP contribution is 2.38. The number of nitrogens with zero attached hydrogens (tertiary/aromatic N) is 1. The van der Waals surface area contributed by atoms with Gasteiger partial charge in [-0.15, -0.1) is 11.3 Å². The maximum Gasteiger partial charge on any atom is 0.336 e. The number of thiophene rings is 1. The summed E-state index contributed by atoms with van der Waals surface area (Å²) in [4.78, 5) is 14.2. The molecule has 0 saturated carbocycles. The molecule has 1 aliphatic heterocycles. The van der Waals surface area contributed by atoms with Crippen LogP contribution in [0.5, 0.6) is 0 Å². The van der Waals surface area contributed by atoms with Gasteiger partial charge in [-0.3, -0.25) is 0 Å². The highest BCUT2D eigenvalue weighted by molar-refractivity contribution is 7.10. The lowest BCUT2D eigenvalue weighted by Crippen LogP contribution is -2.30. The van der Waals surface area contributed by atoms with Crippen LogP contribution in [0.3, 0.4) is 0 Å². The first-order chi connectivity index (χ1) is 9.07. The van der Waals surface area contributed by atoms with Crippen LogP contribution >= 0.6 is 11.3 Å². The summed E-state index contributed by atoms with van der Waals surface area (Å²) < 4.78 is 0. The van der Waals surface area contributed by atoms with Crippen molar-refractivity contribution in [2.75, 3.05) is 19.6 Å². The van der Waals surface area contributed by atoms with Gasteiger partial charge in [-0.1, -0.05) is 6.92 Å². The van der Waals surface area contributed by atoms with Crippen molar-refractivity contribution in [3.63, 3.8) is 0 Å². The molecule has 1 aliphatic rings. The highest BCUT2D eigenvalue weighted by Gasteiger charge is 2.36. The van der Waals surface area contributed by atoms with Gasteiger partial charge in [-0.25, -0.2) is 4.79 Å². The maximum absolute atomic E-state index is 11.2. The van der Waals surface area contributed by atoms with Gasteiger partial charge in [0.1, 0.15) is 5.60 Å². The van der Waals surface area contributed by atoms with Crippen LogP contribution in [-0.4, -0.2) is 40.7 Å². The molecule has 1 atom stereocenters. The smallest absolute Gasteiger partial charge is 0.336 e. The number of carboxylic acids is 1. The molecule has 0 aromatic carbocycles. The fourth-order valence-electron chi connectivity index (χ4n) is 2.78. The molecule has 19 heavy (non-hydrogen) atoms. The average Bonchev–Trinajstić information content (AvgIpc) is 2.79. The second-order valence-corrected chi connectivity index (χ2v) is 6.11. The first-order valence-corrected chi connectivity index (χ1v) is 7.71. The third-order valence-electron chi connectivity index (χ3n) is 3.76. The van der Waals surface area contributed by atoms with Crippen molar-refractivity contribution in [2.24, 2.45) is 0 Å². The summed E-state index contributed by atoms with van der Waals surface area (Å²) in [5.41, 5.74) is -0.707. The second-order valence-electron chi connectivity index (χ2n) is 5.20. The van der Waals surface area contributed by atoms with Gasteiger partial charge in [0.05, 0.1) is 10.4 Å². The van der Waals surface area contributed by atoms with Crippen LogP contribution in [0, 0.1) is 0 Å². The minimum atomic E-state index is -0.968. The Morgan fingerprint density at radius 1 is 1.47 bits per heavy atom. The van der Waals surface area contributed by atoms with Crippen LogP contribution in [0.4, 0.5) is 0 Å². The van der Waals surface area contributed by atoms with Crippen molar-refractivity contribution in [1.82, 2.24) is 4.90 Å². The van der Waals surface area contributed by atoms with Gasteiger partial charge in [-0.05, 0) is 50.2 Å². The van der Waals surface area contributed by atoms with Gasteiger partial charge >= 0.3 is 5.97 Å². The van der Waals surface area contributed by atoms with E-state index in [1.54, 1.807) is 11.4 Å². The van der Waals surface area contributed by atoms with E-state index >= 15 is 0 Å². The summed E-state index contributed by atoms with van der Waals surface area (Å²) in [7, 11) is 0. The van der Waals surface area contributed by atoms with Crippen molar-refractivity contribution in [2.45, 2.75) is 38.2 Å². The van der Waals surface area contributed by atoms with Gasteiger partial charge in [0.25, 0.3) is 0 Å². The van der Waals surface area contributed by atoms with E-state index in [0.29, 0.717) is 17.7 Å². The van der Waals surface area contributed by atoms with E-state index < -0.39 is 11.6 Å². The molecule has 1 fully saturated rings. The van der Waals surface area contributed by atoms with Gasteiger partial charge < -0.3 is 15.1 Å². The number of rotatable bonds is 4. The molecule has 1 saturated heterocycles. The molecule has 106 valence electrons. The quantitative estimate of drug-likeness (QED) is 0.891. The number of carboxylic acid groups (broad SMARTS) is 1. The molecule has 0 amide bonds. The van der Waals surface area contributed by atoms with Crippen molar-refractivity contribution in [1.29, 1.82) is 0 Å². The number of carbonyl (C=O) groups is 1. The van der Waals surface area contributed by atoms with Gasteiger partial charge in [-0.2, -0.15) is 0 Å². The molecule has 1 aromatic rings. The molecule has 0 radical (unpaired) electrons. The lowest BCUT2D eigenvalue weighted by atomic mass is 9.91. The van der Waals surface area contributed by atoms with Crippen LogP contribution < -0.4 is 0 Å². The van der Waals surface area contributed by atoms with E-state index in [1.165, 1.54) is 11.3 Å². The minimum absolute atomic E-state index is 0.261. The second kappa shape index (κ2) is 6.03. The Kier molecular flexibility index (Phi) is 4.60. The molecule has 0 aliphatic carbocycles. The number of hydrogen-bond acceptors (Lipinski definition) is 4. The normalized spacial score (nSPS) is 25.2. The highest BCUT2D eigenvalue weighted by atomic mass is 32.1. The zero-order valence-electron chi connectivity index (χ0n) is 11.3. The van der Waals surface area contributed by atoms with E-state index in [0.717, 1.165) is 32.5 Å². The summed E-state index contributed by atoms with van der Waals surface area (Å²) in [6.45, 7) is 5.02. The molecule has 0 bridgehead atoms. The molecular weight excluding hydrogens is 262 g/mol. The van der Waals surface area contributed by atoms with Crippen molar-refractivity contribution in [3.05, 3.63) is 21.9 Å². The van der Waals surface area contributed by atoms with Crippen LogP contribution in [0.15, 0.2) is 11.4 Å². The summed E-state index contributed by atoms with van der Waals surface area (Å²) in [5, 5.41) is 21.8. The largest absolute Gasteiger partial charge is 0.478 e. The Morgan fingerprint density at radius 3 is 2.95 bits per heavy atom. The lowest BCUT2D eigenvalue weighted by molar-refractivity contribution is 0.0229. The zero-order valence-corrected chi connectivity index (χ0v) is 12.1. The van der Waals surface area contributed by atoms with Gasteiger partial charge in [0.2, 0.25) is 0 Å². The van der Waals surface area contributed by atoms with Gasteiger partial charge in [0.15, 0.2) is 0 Å². The third kappa shape index (κ3) is 3.16. The molecule has 0 spiro atoms. The number of likely N-dealkylation sites (tertiary alicyclic amines) is 1. The predicted molar refractivity (Wildman–Crippen MR) is 75.8 cm³/mol. The monoisotopic (exact) mass is 283 g/mol. The topological polar surface area (TPSA) is 60.8 Å². The Balaban J connectivity index is 2.18. The summed E-state index contributed by atoms with van der Waals surface area (Å²) in [6.07, 6.45) is 3.28. The van der Waals surface area contributed by atoms with Crippen molar-refractivity contribution in [3.8, 4) is 0 Å². The lowest BCUT2D eigenvalue weighted by Gasteiger charge is -2.26. The fraction of sp³-hybridized carbons (Fsp3) is 0.643. The predicted octanol–water partition coefficient (Wildman–Crippen LogP) is 2.53. The summed E-state index contributed by atoms with van der Waals surface area (Å²) >= 11 is 1.36. The number of hydrogen-bond donors (Lipinski definition) is 2. The van der Waals surface area contributed by atoms with Crippen molar-refractivity contribution >= 4 is 17.3 Å². The number of aliphatic hydroxyl groups is 1. The van der Waals surface area contributed by atoms with Gasteiger partial charge in [0, 0.05) is 6.54 Å². The van der Waals surface area contributed by atoms with E-state index in [4.69, 9.17) is 0 Å². The molecule has 1 aromatic heterocycles. The molecule has 5 heteroatoms. The van der Waals surface area contributed by atoms with Crippen LogP contribution in [0.2, 0.25) is 0 Å². The van der Waals surface area contributed by atoms with E-state index in [1.807, 2.05) is 0 Å². The zero-order chi connectivity index (χ0) is 13.9. The van der Waals surface area contributed by atoms with Crippen molar-refractivity contribution < 1.29 is 15.0 Å². The molecule has 4 nitrogen and oxygen atoms in total. The molecule has 1 unspecified atom stereocenters. The van der Waals surface area contributed by atoms with Crippen LogP contribution in [0.25, 0.3) is 0 Å². The molecule has 2 rings (SSSR count). The Morgan fingerprint density at radius 2 is 2.26 bits per heavy atom. The Labute approximate surface area is 117 Å². The van der Waals surface area contributed by atoms with E-state index in [-0.39, 0.29) is 5.56 Å². The average molecular weight is 283 g/mol. The summed E-state index contributed by atoms with van der Waals surface area (Å²) in [6, 6.07) is 1.59. The Hall–Kier alpha value is -0.910. The van der Waals surface area contributed by atoms with Crippen LogP contribution in [0.1, 0.15) is 47.8 Å². The van der Waals surface area contributed by atoms with E-state index in [9.17, 15) is 15.0 Å². The minimum Gasteiger partial charge on any atom is -0.478 e. The first-order valence-electron chi connectivity index (χ1n) is 6.83. The SMILES string of the molecule is CCCN1CCCC(O)(c2sccc2C(=O)O)CC1. The molecule has 2 N–H and O–H groups in total. The molecular formula is C14H21NO3S. The third-order valence-corrected chi connectivity index (χ3v) is 4.87. The van der Waals surface area contributed by atoms with E-state index in [2.05, 4.69) is 11.8 Å². The first kappa shape index (κ1) is 14.5. The summed E-state index contributed by atoms with van der Waals surface area (Å²) in [5.74, 6) is -0.945. The fourth-order valence-corrected chi connectivity index (χ4v) is 3.83. The van der Waals surface area contributed by atoms with Crippen LogP contribution in [-0.2, 0) is 5.60 Å². The maximum atomic E-state index is 11.2. The Bertz CT molecular complexity index is 446.